The summed E-state index contributed by atoms with van der Waals surface area (Å²) < 4.78 is 3.51. The van der Waals surface area contributed by atoms with E-state index >= 15 is 0 Å². The molecule has 7 heteroatoms. The van der Waals surface area contributed by atoms with E-state index in [1.165, 1.54) is 0 Å². The van der Waals surface area contributed by atoms with Crippen LogP contribution in [-0.4, -0.2) is 25.2 Å². The maximum atomic E-state index is 12.7. The van der Waals surface area contributed by atoms with Gasteiger partial charge in [-0.3, -0.25) is 4.79 Å². The third-order valence-electron chi connectivity index (χ3n) is 3.98. The summed E-state index contributed by atoms with van der Waals surface area (Å²) in [5.41, 5.74) is 1.65. The van der Waals surface area contributed by atoms with Crippen molar-refractivity contribution in [2.75, 3.05) is 5.32 Å². The Morgan fingerprint density at radius 3 is 2.76 bits per heavy atom. The molecular weight excluding hydrogens is 316 g/mol. The van der Waals surface area contributed by atoms with E-state index in [1.807, 2.05) is 31.3 Å². The van der Waals surface area contributed by atoms with Gasteiger partial charge in [0.15, 0.2) is 5.92 Å². The molecule has 2 heterocycles. The van der Waals surface area contributed by atoms with Gasteiger partial charge in [-0.15, -0.1) is 0 Å². The van der Waals surface area contributed by atoms with E-state index in [-0.39, 0.29) is 0 Å². The predicted octanol–water partition coefficient (Wildman–Crippen LogP) is 2.67. The molecule has 0 bridgehead atoms. The molecule has 128 valence electrons. The maximum Gasteiger partial charge on any atom is 0.250 e. The van der Waals surface area contributed by atoms with Gasteiger partial charge >= 0.3 is 0 Å². The number of aryl methyl sites for hydroxylation is 1. The van der Waals surface area contributed by atoms with Gasteiger partial charge in [-0.05, 0) is 18.1 Å². The third kappa shape index (κ3) is 3.24. The highest BCUT2D eigenvalue weighted by molar-refractivity contribution is 5.97. The van der Waals surface area contributed by atoms with Gasteiger partial charge in [0.05, 0.1) is 23.3 Å². The van der Waals surface area contributed by atoms with Gasteiger partial charge in [-0.25, -0.2) is 9.67 Å². The van der Waals surface area contributed by atoms with Gasteiger partial charge in [0, 0.05) is 19.7 Å². The Kier molecular flexibility index (Phi) is 4.52. The molecule has 0 aliphatic rings. The zero-order valence-corrected chi connectivity index (χ0v) is 14.5. The first-order valence-electron chi connectivity index (χ1n) is 8.15. The lowest BCUT2D eigenvalue weighted by atomic mass is 10.1. The molecule has 0 saturated heterocycles. The number of anilines is 1. The predicted molar refractivity (Wildman–Crippen MR) is 94.8 cm³/mol. The molecule has 0 radical (unpaired) electrons. The first-order chi connectivity index (χ1) is 12.0. The number of hydrogen-bond donors (Lipinski definition) is 1. The zero-order valence-electron chi connectivity index (χ0n) is 14.5. The zero-order chi connectivity index (χ0) is 18.0. The van der Waals surface area contributed by atoms with E-state index in [9.17, 15) is 10.1 Å². The second-order valence-electron chi connectivity index (χ2n) is 6.36. The van der Waals surface area contributed by atoms with Crippen molar-refractivity contribution in [3.63, 3.8) is 0 Å². The molecule has 1 N–H and O–H groups in total. The average molecular weight is 336 g/mol. The van der Waals surface area contributed by atoms with Crippen molar-refractivity contribution in [2.24, 2.45) is 13.0 Å². The quantitative estimate of drug-likeness (QED) is 0.776. The normalized spacial score (nSPS) is 12.3. The highest BCUT2D eigenvalue weighted by Gasteiger charge is 2.26. The number of fused-ring (bicyclic) bond motifs is 1. The summed E-state index contributed by atoms with van der Waals surface area (Å²) in [6, 6.07) is 11.4. The van der Waals surface area contributed by atoms with Gasteiger partial charge in [-0.2, -0.15) is 10.4 Å². The summed E-state index contributed by atoms with van der Waals surface area (Å²) in [6.45, 7) is 4.84. The summed E-state index contributed by atoms with van der Waals surface area (Å²) >= 11 is 0. The van der Waals surface area contributed by atoms with Crippen LogP contribution in [0.5, 0.6) is 0 Å². The molecule has 2 aromatic heterocycles. The van der Waals surface area contributed by atoms with Crippen LogP contribution >= 0.6 is 0 Å². The van der Waals surface area contributed by atoms with Gasteiger partial charge < -0.3 is 9.88 Å². The van der Waals surface area contributed by atoms with Crippen molar-refractivity contribution in [3.8, 4) is 6.07 Å². The first-order valence-corrected chi connectivity index (χ1v) is 8.15. The molecule has 0 aliphatic heterocycles. The van der Waals surface area contributed by atoms with Crippen LogP contribution in [0.2, 0.25) is 0 Å². The van der Waals surface area contributed by atoms with Crippen molar-refractivity contribution in [1.29, 1.82) is 5.26 Å². The van der Waals surface area contributed by atoms with Crippen LogP contribution in [0.1, 0.15) is 25.6 Å². The number of nitriles is 1. The number of carbonyl (C=O) groups is 1. The number of para-hydroxylation sites is 2. The van der Waals surface area contributed by atoms with E-state index in [4.69, 9.17) is 0 Å². The largest absolute Gasteiger partial charge is 0.330 e. The third-order valence-corrected chi connectivity index (χ3v) is 3.98. The fraction of sp³-hybridized carbons (Fsp3) is 0.333. The molecule has 0 unspecified atom stereocenters. The molecule has 3 rings (SSSR count). The topological polar surface area (TPSA) is 88.5 Å². The summed E-state index contributed by atoms with van der Waals surface area (Å²) in [7, 11) is 1.81. The van der Waals surface area contributed by atoms with Crippen LogP contribution < -0.4 is 5.32 Å². The van der Waals surface area contributed by atoms with Crippen LogP contribution in [-0.2, 0) is 18.4 Å². The summed E-state index contributed by atoms with van der Waals surface area (Å²) in [6.07, 6.45) is 1.63. The number of carbonyl (C=O) groups excluding carboxylic acids is 1. The van der Waals surface area contributed by atoms with Gasteiger partial charge in [0.25, 0.3) is 5.91 Å². The van der Waals surface area contributed by atoms with Crippen LogP contribution in [0.15, 0.2) is 36.5 Å². The fourth-order valence-electron chi connectivity index (χ4n) is 2.78. The average Bonchev–Trinajstić information content (AvgIpc) is 3.13. The highest BCUT2D eigenvalue weighted by Crippen LogP contribution is 2.22. The number of rotatable bonds is 5. The lowest BCUT2D eigenvalue weighted by Crippen LogP contribution is -2.24. The maximum absolute atomic E-state index is 12.7. The minimum absolute atomic E-state index is 0.391. The van der Waals surface area contributed by atoms with Gasteiger partial charge in [0.1, 0.15) is 11.6 Å². The molecule has 25 heavy (non-hydrogen) atoms. The molecule has 7 nitrogen and oxygen atoms in total. The fourth-order valence-corrected chi connectivity index (χ4v) is 2.78. The molecule has 0 spiro atoms. The second kappa shape index (κ2) is 6.77. The number of hydrogen-bond acceptors (Lipinski definition) is 4. The Labute approximate surface area is 145 Å². The second-order valence-corrected chi connectivity index (χ2v) is 6.36. The Bertz CT molecular complexity index is 946. The van der Waals surface area contributed by atoms with Crippen molar-refractivity contribution in [1.82, 2.24) is 19.3 Å². The Hall–Kier alpha value is -3.14. The number of amides is 1. The van der Waals surface area contributed by atoms with E-state index in [2.05, 4.69) is 35.3 Å². The van der Waals surface area contributed by atoms with Crippen molar-refractivity contribution < 1.29 is 4.79 Å². The first kappa shape index (κ1) is 16.7. The molecular formula is C18H20N6O. The molecule has 0 fully saturated rings. The van der Waals surface area contributed by atoms with E-state index in [0.717, 1.165) is 11.0 Å². The van der Waals surface area contributed by atoms with Crippen molar-refractivity contribution in [3.05, 3.63) is 42.4 Å². The van der Waals surface area contributed by atoms with Crippen molar-refractivity contribution in [2.45, 2.75) is 26.3 Å². The van der Waals surface area contributed by atoms with Crippen molar-refractivity contribution >= 4 is 22.8 Å². The SMILES string of the molecule is CC(C)Cn1nccc1NC(=O)[C@@H](C#N)c1nc2ccccc2n1C. The van der Waals surface area contributed by atoms with Gasteiger partial charge in [0.2, 0.25) is 0 Å². The Morgan fingerprint density at radius 1 is 1.32 bits per heavy atom. The number of nitrogens with one attached hydrogen (secondary N) is 1. The molecule has 0 saturated carbocycles. The molecule has 1 atom stereocenters. The lowest BCUT2D eigenvalue weighted by Gasteiger charge is -2.13. The van der Waals surface area contributed by atoms with E-state index < -0.39 is 11.8 Å². The number of nitrogens with zero attached hydrogens (tertiary/aromatic N) is 5. The number of benzene rings is 1. The minimum atomic E-state index is -1.00. The summed E-state index contributed by atoms with van der Waals surface area (Å²) in [4.78, 5) is 17.1. The monoisotopic (exact) mass is 336 g/mol. The highest BCUT2D eigenvalue weighted by atomic mass is 16.2. The van der Waals surface area contributed by atoms with Crippen LogP contribution in [0.25, 0.3) is 11.0 Å². The Morgan fingerprint density at radius 2 is 2.08 bits per heavy atom. The molecule has 1 amide bonds. The van der Waals surface area contributed by atoms with Gasteiger partial charge in [-0.1, -0.05) is 26.0 Å². The number of aromatic nitrogens is 4. The van der Waals surface area contributed by atoms with E-state index in [1.54, 1.807) is 21.5 Å². The molecule has 3 aromatic rings. The molecule has 1 aromatic carbocycles. The van der Waals surface area contributed by atoms with Crippen LogP contribution in [0, 0.1) is 17.2 Å². The lowest BCUT2D eigenvalue weighted by molar-refractivity contribution is -0.116. The smallest absolute Gasteiger partial charge is 0.250 e. The minimum Gasteiger partial charge on any atom is -0.330 e. The van der Waals surface area contributed by atoms with Crippen LogP contribution in [0.4, 0.5) is 5.82 Å². The molecule has 0 aliphatic carbocycles. The standard InChI is InChI=1S/C18H20N6O/c1-12(2)11-24-16(8-9-20-24)22-18(25)13(10-19)17-21-14-6-4-5-7-15(14)23(17)3/h4-9,12-13H,11H2,1-3H3,(H,22,25)/t13-/m0/s1. The number of imidazole rings is 1. The Balaban J connectivity index is 1.88. The van der Waals surface area contributed by atoms with Crippen LogP contribution in [0.3, 0.4) is 0 Å². The summed E-state index contributed by atoms with van der Waals surface area (Å²) in [5.74, 6) is -0.0118. The summed E-state index contributed by atoms with van der Waals surface area (Å²) in [5, 5.41) is 16.6. The van der Waals surface area contributed by atoms with E-state index in [0.29, 0.717) is 24.1 Å².